The molecule has 0 spiro atoms. The first-order chi connectivity index (χ1) is 7.51. The number of hydrogen-bond donors (Lipinski definition) is 2. The van der Waals surface area contributed by atoms with Gasteiger partial charge in [0, 0.05) is 12.2 Å². The predicted octanol–water partition coefficient (Wildman–Crippen LogP) is 1.13. The fourth-order valence-corrected chi connectivity index (χ4v) is 2.82. The van der Waals surface area contributed by atoms with Gasteiger partial charge in [-0.1, -0.05) is 13.8 Å². The van der Waals surface area contributed by atoms with Gasteiger partial charge >= 0.3 is 0 Å². The lowest BCUT2D eigenvalue weighted by Crippen LogP contribution is -2.34. The average Bonchev–Trinajstić information content (AvgIpc) is 2.26. The Kier molecular flexibility index (Phi) is 4.26. The van der Waals surface area contributed by atoms with Gasteiger partial charge in [0.15, 0.2) is 5.03 Å². The van der Waals surface area contributed by atoms with E-state index in [9.17, 15) is 8.42 Å². The lowest BCUT2D eigenvalue weighted by molar-refractivity contribution is 0.528. The molecule has 0 bridgehead atoms. The summed E-state index contributed by atoms with van der Waals surface area (Å²) in [5.41, 5.74) is 5.75. The number of nitrogens with zero attached hydrogens (tertiary/aromatic N) is 1. The first kappa shape index (κ1) is 12.9. The maximum atomic E-state index is 11.9. The predicted molar refractivity (Wildman–Crippen MR) is 63.3 cm³/mol. The average molecular weight is 243 g/mol. The molecular weight excluding hydrogens is 226 g/mol. The van der Waals surface area contributed by atoms with Crippen molar-refractivity contribution in [2.45, 2.75) is 37.8 Å². The molecule has 0 saturated heterocycles. The highest BCUT2D eigenvalue weighted by atomic mass is 32.2. The number of nitrogen functional groups attached to an aromatic ring is 1. The van der Waals surface area contributed by atoms with Crippen LogP contribution < -0.4 is 10.5 Å². The molecule has 6 heteroatoms. The third-order valence-electron chi connectivity index (χ3n) is 2.36. The molecule has 0 radical (unpaired) electrons. The van der Waals surface area contributed by atoms with Crippen LogP contribution in [0.15, 0.2) is 23.4 Å². The summed E-state index contributed by atoms with van der Waals surface area (Å²) in [5.74, 6) is 0. The Bertz CT molecular complexity index is 441. The van der Waals surface area contributed by atoms with Crippen LogP contribution in [0.2, 0.25) is 0 Å². The van der Waals surface area contributed by atoms with E-state index in [2.05, 4.69) is 9.71 Å². The summed E-state index contributed by atoms with van der Waals surface area (Å²) in [4.78, 5) is 3.80. The number of hydrogen-bond acceptors (Lipinski definition) is 4. The van der Waals surface area contributed by atoms with Crippen molar-refractivity contribution in [3.8, 4) is 0 Å². The molecule has 1 rings (SSSR count). The quantitative estimate of drug-likeness (QED) is 0.811. The summed E-state index contributed by atoms with van der Waals surface area (Å²) >= 11 is 0. The molecule has 0 aliphatic heterocycles. The molecule has 0 atom stereocenters. The van der Waals surface area contributed by atoms with Gasteiger partial charge in [0.2, 0.25) is 0 Å². The Balaban J connectivity index is 2.99. The molecular formula is C10H17N3O2S. The minimum Gasteiger partial charge on any atom is -0.396 e. The maximum absolute atomic E-state index is 11.9. The number of rotatable bonds is 5. The molecule has 5 nitrogen and oxygen atoms in total. The third kappa shape index (κ3) is 2.93. The van der Waals surface area contributed by atoms with Crippen LogP contribution in [0.1, 0.15) is 26.7 Å². The van der Waals surface area contributed by atoms with Crippen LogP contribution in [0.4, 0.5) is 5.69 Å². The van der Waals surface area contributed by atoms with Crippen LogP contribution in [-0.4, -0.2) is 19.4 Å². The smallest absolute Gasteiger partial charge is 0.260 e. The fraction of sp³-hybridized carbons (Fsp3) is 0.500. The second kappa shape index (κ2) is 5.27. The standard InChI is InChI=1S/C10H17N3O2S/c1-3-8(4-2)13-16(14,15)10-9(11)6-5-7-12-10/h5-8,13H,3-4,11H2,1-2H3. The van der Waals surface area contributed by atoms with Crippen molar-refractivity contribution in [1.29, 1.82) is 0 Å². The SMILES string of the molecule is CCC(CC)NS(=O)(=O)c1ncccc1N. The second-order valence-electron chi connectivity index (χ2n) is 3.53. The zero-order chi connectivity index (χ0) is 12.2. The Morgan fingerprint density at radius 1 is 1.44 bits per heavy atom. The van der Waals surface area contributed by atoms with Gasteiger partial charge < -0.3 is 5.73 Å². The van der Waals surface area contributed by atoms with Gasteiger partial charge in [0.25, 0.3) is 10.0 Å². The highest BCUT2D eigenvalue weighted by Crippen LogP contribution is 2.14. The Labute approximate surface area is 96.1 Å². The lowest BCUT2D eigenvalue weighted by atomic mass is 10.2. The molecule has 0 fully saturated rings. The summed E-state index contributed by atoms with van der Waals surface area (Å²) in [5, 5.41) is -0.0955. The van der Waals surface area contributed by atoms with E-state index in [1.54, 1.807) is 6.07 Å². The van der Waals surface area contributed by atoms with Crippen LogP contribution in [0.25, 0.3) is 0 Å². The molecule has 3 N–H and O–H groups in total. The van der Waals surface area contributed by atoms with Crippen molar-refractivity contribution in [3.05, 3.63) is 18.3 Å². The number of sulfonamides is 1. The van der Waals surface area contributed by atoms with Gasteiger partial charge in [-0.2, -0.15) is 0 Å². The topological polar surface area (TPSA) is 85.1 Å². The molecule has 0 aromatic carbocycles. The molecule has 1 heterocycles. The minimum atomic E-state index is -3.60. The maximum Gasteiger partial charge on any atom is 0.260 e. The van der Waals surface area contributed by atoms with Crippen LogP contribution in [0.5, 0.6) is 0 Å². The largest absolute Gasteiger partial charge is 0.396 e. The van der Waals surface area contributed by atoms with E-state index in [0.717, 1.165) is 12.8 Å². The van der Waals surface area contributed by atoms with Crippen LogP contribution in [0, 0.1) is 0 Å². The van der Waals surface area contributed by atoms with E-state index in [4.69, 9.17) is 5.73 Å². The van der Waals surface area contributed by atoms with Gasteiger partial charge in [-0.05, 0) is 25.0 Å². The zero-order valence-electron chi connectivity index (χ0n) is 9.47. The van der Waals surface area contributed by atoms with Crippen molar-refractivity contribution < 1.29 is 8.42 Å². The summed E-state index contributed by atoms with van der Waals surface area (Å²) in [6.45, 7) is 3.86. The molecule has 0 unspecified atom stereocenters. The van der Waals surface area contributed by atoms with Gasteiger partial charge in [0.05, 0.1) is 5.69 Å². The van der Waals surface area contributed by atoms with Crippen molar-refractivity contribution >= 4 is 15.7 Å². The van der Waals surface area contributed by atoms with E-state index < -0.39 is 10.0 Å². The van der Waals surface area contributed by atoms with E-state index in [-0.39, 0.29) is 16.8 Å². The van der Waals surface area contributed by atoms with Crippen molar-refractivity contribution in [2.24, 2.45) is 0 Å². The van der Waals surface area contributed by atoms with E-state index in [1.165, 1.54) is 12.3 Å². The summed E-state index contributed by atoms with van der Waals surface area (Å²) in [6, 6.07) is 3.05. The Morgan fingerprint density at radius 3 is 2.56 bits per heavy atom. The number of nitrogens with two attached hydrogens (primary N) is 1. The third-order valence-corrected chi connectivity index (χ3v) is 3.86. The highest BCUT2D eigenvalue weighted by Gasteiger charge is 2.21. The summed E-state index contributed by atoms with van der Waals surface area (Å²) in [7, 11) is -3.60. The first-order valence-electron chi connectivity index (χ1n) is 5.24. The summed E-state index contributed by atoms with van der Waals surface area (Å²) in [6.07, 6.45) is 2.89. The molecule has 0 aliphatic carbocycles. The Morgan fingerprint density at radius 2 is 2.06 bits per heavy atom. The normalized spacial score (nSPS) is 11.9. The molecule has 90 valence electrons. The molecule has 0 aliphatic rings. The monoisotopic (exact) mass is 243 g/mol. The second-order valence-corrected chi connectivity index (χ2v) is 5.16. The first-order valence-corrected chi connectivity index (χ1v) is 6.72. The van der Waals surface area contributed by atoms with Crippen LogP contribution >= 0.6 is 0 Å². The molecule has 16 heavy (non-hydrogen) atoms. The van der Waals surface area contributed by atoms with Crippen molar-refractivity contribution in [3.63, 3.8) is 0 Å². The van der Waals surface area contributed by atoms with Crippen LogP contribution in [-0.2, 0) is 10.0 Å². The van der Waals surface area contributed by atoms with E-state index >= 15 is 0 Å². The minimum absolute atomic E-state index is 0.0774. The molecule has 0 amide bonds. The number of nitrogens with one attached hydrogen (secondary N) is 1. The van der Waals surface area contributed by atoms with Gasteiger partial charge in [0.1, 0.15) is 0 Å². The van der Waals surface area contributed by atoms with Gasteiger partial charge in [-0.3, -0.25) is 0 Å². The van der Waals surface area contributed by atoms with E-state index in [1.807, 2.05) is 13.8 Å². The zero-order valence-corrected chi connectivity index (χ0v) is 10.3. The lowest BCUT2D eigenvalue weighted by Gasteiger charge is -2.15. The van der Waals surface area contributed by atoms with Crippen molar-refractivity contribution in [1.82, 2.24) is 9.71 Å². The van der Waals surface area contributed by atoms with Gasteiger partial charge in [-0.15, -0.1) is 0 Å². The fourth-order valence-electron chi connectivity index (χ4n) is 1.36. The Hall–Kier alpha value is -1.14. The van der Waals surface area contributed by atoms with E-state index in [0.29, 0.717) is 0 Å². The van der Waals surface area contributed by atoms with Crippen LogP contribution in [0.3, 0.4) is 0 Å². The highest BCUT2D eigenvalue weighted by molar-refractivity contribution is 7.89. The molecule has 1 aromatic heterocycles. The van der Waals surface area contributed by atoms with Gasteiger partial charge in [-0.25, -0.2) is 18.1 Å². The van der Waals surface area contributed by atoms with Crippen molar-refractivity contribution in [2.75, 3.05) is 5.73 Å². The summed E-state index contributed by atoms with van der Waals surface area (Å²) < 4.78 is 26.4. The molecule has 0 saturated carbocycles. The molecule has 1 aromatic rings. The number of pyridine rings is 1. The number of aromatic nitrogens is 1. The number of anilines is 1.